The monoisotopic (exact) mass is 265 g/mol. The zero-order valence-electron chi connectivity index (χ0n) is 12.6. The molecule has 3 aliphatic rings. The molecule has 2 aliphatic carbocycles. The minimum atomic E-state index is 0.310. The van der Waals surface area contributed by atoms with Crippen molar-refractivity contribution in [3.63, 3.8) is 0 Å². The predicted molar refractivity (Wildman–Crippen MR) is 79.3 cm³/mol. The zero-order chi connectivity index (χ0) is 13.1. The summed E-state index contributed by atoms with van der Waals surface area (Å²) in [7, 11) is 0. The van der Waals surface area contributed by atoms with Crippen LogP contribution in [0.3, 0.4) is 0 Å². The third kappa shape index (κ3) is 3.33. The second kappa shape index (κ2) is 6.13. The summed E-state index contributed by atoms with van der Waals surface area (Å²) in [6.07, 6.45) is 15.6. The molecule has 2 nitrogen and oxygen atoms in total. The Bertz CT molecular complexity index is 285. The Morgan fingerprint density at radius 1 is 1.05 bits per heavy atom. The van der Waals surface area contributed by atoms with Crippen LogP contribution in [0.25, 0.3) is 0 Å². The third-order valence-corrected chi connectivity index (χ3v) is 5.85. The van der Waals surface area contributed by atoms with Crippen molar-refractivity contribution in [2.24, 2.45) is 5.92 Å². The highest BCUT2D eigenvalue weighted by Crippen LogP contribution is 2.43. The second-order valence-electron chi connectivity index (χ2n) is 7.21. The van der Waals surface area contributed by atoms with Crippen molar-refractivity contribution in [1.82, 2.24) is 5.32 Å². The first-order chi connectivity index (χ1) is 9.30. The van der Waals surface area contributed by atoms with Crippen LogP contribution < -0.4 is 5.32 Å². The van der Waals surface area contributed by atoms with Crippen LogP contribution in [0.1, 0.15) is 77.6 Å². The molecule has 3 fully saturated rings. The summed E-state index contributed by atoms with van der Waals surface area (Å²) in [5.41, 5.74) is 0.310. The highest BCUT2D eigenvalue weighted by Gasteiger charge is 2.42. The number of ether oxygens (including phenoxy) is 1. The van der Waals surface area contributed by atoms with E-state index in [1.54, 1.807) is 0 Å². The van der Waals surface area contributed by atoms with E-state index >= 15 is 0 Å². The smallest absolute Gasteiger partial charge is 0.0708 e. The fourth-order valence-corrected chi connectivity index (χ4v) is 4.57. The van der Waals surface area contributed by atoms with Gasteiger partial charge in [0.15, 0.2) is 0 Å². The molecule has 3 unspecified atom stereocenters. The maximum atomic E-state index is 6.39. The fourth-order valence-electron chi connectivity index (χ4n) is 4.57. The minimum Gasteiger partial charge on any atom is -0.370 e. The molecule has 2 heteroatoms. The first-order valence-corrected chi connectivity index (χ1v) is 8.71. The van der Waals surface area contributed by atoms with Crippen molar-refractivity contribution >= 4 is 0 Å². The van der Waals surface area contributed by atoms with E-state index in [4.69, 9.17) is 4.74 Å². The van der Waals surface area contributed by atoms with Crippen molar-refractivity contribution in [3.05, 3.63) is 0 Å². The van der Waals surface area contributed by atoms with E-state index < -0.39 is 0 Å². The van der Waals surface area contributed by atoms with Gasteiger partial charge < -0.3 is 10.1 Å². The number of hydrogen-bond donors (Lipinski definition) is 1. The maximum Gasteiger partial charge on any atom is 0.0708 e. The summed E-state index contributed by atoms with van der Waals surface area (Å²) in [5, 5.41) is 3.81. The van der Waals surface area contributed by atoms with Gasteiger partial charge in [-0.15, -0.1) is 0 Å². The Hall–Kier alpha value is -0.0800. The van der Waals surface area contributed by atoms with Crippen molar-refractivity contribution in [2.45, 2.75) is 95.3 Å². The lowest BCUT2D eigenvalue weighted by Gasteiger charge is -2.30. The molecule has 0 aromatic carbocycles. The van der Waals surface area contributed by atoms with Gasteiger partial charge in [-0.25, -0.2) is 0 Å². The average molecular weight is 265 g/mol. The summed E-state index contributed by atoms with van der Waals surface area (Å²) in [5.74, 6) is 0.969. The lowest BCUT2D eigenvalue weighted by molar-refractivity contribution is -0.0363. The quantitative estimate of drug-likeness (QED) is 0.828. The molecule has 1 aliphatic heterocycles. The first-order valence-electron chi connectivity index (χ1n) is 8.71. The number of nitrogens with one attached hydrogen (secondary N) is 1. The van der Waals surface area contributed by atoms with Gasteiger partial charge in [-0.1, -0.05) is 39.0 Å². The Morgan fingerprint density at radius 2 is 1.89 bits per heavy atom. The molecule has 3 rings (SSSR count). The van der Waals surface area contributed by atoms with Crippen molar-refractivity contribution in [2.75, 3.05) is 6.54 Å². The van der Waals surface area contributed by atoms with Gasteiger partial charge in [0.1, 0.15) is 0 Å². The van der Waals surface area contributed by atoms with Crippen LogP contribution in [0, 0.1) is 5.92 Å². The van der Waals surface area contributed by atoms with E-state index in [2.05, 4.69) is 12.2 Å². The van der Waals surface area contributed by atoms with Crippen LogP contribution in [-0.4, -0.2) is 24.3 Å². The maximum absolute atomic E-state index is 6.39. The molecular weight excluding hydrogens is 234 g/mol. The van der Waals surface area contributed by atoms with Gasteiger partial charge in [0.25, 0.3) is 0 Å². The summed E-state index contributed by atoms with van der Waals surface area (Å²) in [6, 6.07) is 0.766. The highest BCUT2D eigenvalue weighted by atomic mass is 16.5. The van der Waals surface area contributed by atoms with Gasteiger partial charge in [0, 0.05) is 12.6 Å². The van der Waals surface area contributed by atoms with Crippen LogP contribution in [0.2, 0.25) is 0 Å². The highest BCUT2D eigenvalue weighted by molar-refractivity contribution is 4.93. The Labute approximate surface area is 118 Å². The van der Waals surface area contributed by atoms with Gasteiger partial charge in [-0.2, -0.15) is 0 Å². The topological polar surface area (TPSA) is 21.3 Å². The van der Waals surface area contributed by atoms with Crippen LogP contribution in [0.4, 0.5) is 0 Å². The Balaban J connectivity index is 1.40. The third-order valence-electron chi connectivity index (χ3n) is 5.85. The molecular formula is C17H31NO. The van der Waals surface area contributed by atoms with Gasteiger partial charge >= 0.3 is 0 Å². The van der Waals surface area contributed by atoms with E-state index in [0.717, 1.165) is 18.5 Å². The van der Waals surface area contributed by atoms with Crippen LogP contribution >= 0.6 is 0 Å². The molecule has 0 bridgehead atoms. The number of rotatable bonds is 4. The Morgan fingerprint density at radius 3 is 2.68 bits per heavy atom. The lowest BCUT2D eigenvalue weighted by Crippen LogP contribution is -2.39. The molecule has 3 atom stereocenters. The predicted octanol–water partition coefficient (Wildman–Crippen LogP) is 4.04. The SMILES string of the molecule is CCC1CCCC(NCC2CCC3(CCCC3)O2)C1. The van der Waals surface area contributed by atoms with Crippen molar-refractivity contribution < 1.29 is 4.74 Å². The summed E-state index contributed by atoms with van der Waals surface area (Å²) >= 11 is 0. The van der Waals surface area contributed by atoms with Crippen LogP contribution in [0.5, 0.6) is 0 Å². The summed E-state index contributed by atoms with van der Waals surface area (Å²) < 4.78 is 6.39. The van der Waals surface area contributed by atoms with E-state index in [9.17, 15) is 0 Å². The van der Waals surface area contributed by atoms with Crippen LogP contribution in [-0.2, 0) is 4.74 Å². The molecule has 19 heavy (non-hydrogen) atoms. The van der Waals surface area contributed by atoms with E-state index in [1.165, 1.54) is 70.6 Å². The van der Waals surface area contributed by atoms with E-state index in [-0.39, 0.29) is 0 Å². The standard InChI is InChI=1S/C17H31NO/c1-2-14-6-5-7-15(12-14)18-13-16-8-11-17(19-16)9-3-4-10-17/h14-16,18H,2-13H2,1H3. The van der Waals surface area contributed by atoms with Gasteiger partial charge in [0.05, 0.1) is 11.7 Å². The zero-order valence-corrected chi connectivity index (χ0v) is 12.6. The molecule has 1 spiro atoms. The molecule has 1 saturated heterocycles. The van der Waals surface area contributed by atoms with Gasteiger partial charge in [-0.3, -0.25) is 0 Å². The molecule has 110 valence electrons. The first kappa shape index (κ1) is 13.9. The second-order valence-corrected chi connectivity index (χ2v) is 7.21. The number of hydrogen-bond acceptors (Lipinski definition) is 2. The summed E-state index contributed by atoms with van der Waals surface area (Å²) in [6.45, 7) is 3.44. The largest absolute Gasteiger partial charge is 0.370 e. The van der Waals surface area contributed by atoms with Gasteiger partial charge in [0.2, 0.25) is 0 Å². The lowest BCUT2D eigenvalue weighted by atomic mass is 9.84. The fraction of sp³-hybridized carbons (Fsp3) is 1.00. The summed E-state index contributed by atoms with van der Waals surface area (Å²) in [4.78, 5) is 0. The normalized spacial score (nSPS) is 38.1. The molecule has 1 heterocycles. The van der Waals surface area contributed by atoms with E-state index in [0.29, 0.717) is 11.7 Å². The molecule has 0 amide bonds. The van der Waals surface area contributed by atoms with Gasteiger partial charge in [-0.05, 0) is 44.4 Å². The molecule has 2 saturated carbocycles. The van der Waals surface area contributed by atoms with E-state index in [1.807, 2.05) is 0 Å². The molecule has 0 aromatic rings. The molecule has 1 N–H and O–H groups in total. The Kier molecular flexibility index (Phi) is 4.48. The molecule has 0 radical (unpaired) electrons. The minimum absolute atomic E-state index is 0.310. The van der Waals surface area contributed by atoms with Crippen molar-refractivity contribution in [1.29, 1.82) is 0 Å². The van der Waals surface area contributed by atoms with Crippen molar-refractivity contribution in [3.8, 4) is 0 Å². The van der Waals surface area contributed by atoms with Crippen LogP contribution in [0.15, 0.2) is 0 Å². The average Bonchev–Trinajstić information content (AvgIpc) is 3.08. The molecule has 0 aromatic heterocycles.